The molecule has 0 aliphatic carbocycles. The van der Waals surface area contributed by atoms with Gasteiger partial charge < -0.3 is 10.2 Å². The number of aryl methyl sites for hydroxylation is 1. The van der Waals surface area contributed by atoms with E-state index in [0.29, 0.717) is 10.6 Å². The summed E-state index contributed by atoms with van der Waals surface area (Å²) in [6.45, 7) is 4.78. The van der Waals surface area contributed by atoms with E-state index in [-0.39, 0.29) is 45.5 Å². The molecule has 45 heavy (non-hydrogen) atoms. The first-order chi connectivity index (χ1) is 21.4. The average Bonchev–Trinajstić information content (AvgIpc) is 3.00. The Morgan fingerprint density at radius 3 is 2.07 bits per heavy atom. The lowest BCUT2D eigenvalue weighted by molar-refractivity contribution is -0.140. The fourth-order valence-corrected chi connectivity index (χ4v) is 6.85. The van der Waals surface area contributed by atoms with Gasteiger partial charge in [-0.25, -0.2) is 8.42 Å². The van der Waals surface area contributed by atoms with Crippen molar-refractivity contribution in [3.63, 3.8) is 0 Å². The first-order valence-corrected chi connectivity index (χ1v) is 16.9. The van der Waals surface area contributed by atoms with E-state index in [1.54, 1.807) is 42.5 Å². The van der Waals surface area contributed by atoms with Crippen LogP contribution in [0.4, 0.5) is 5.69 Å². The van der Waals surface area contributed by atoms with E-state index < -0.39 is 28.5 Å². The van der Waals surface area contributed by atoms with Crippen molar-refractivity contribution in [3.05, 3.63) is 129 Å². The topological polar surface area (TPSA) is 86.8 Å². The summed E-state index contributed by atoms with van der Waals surface area (Å²) in [7, 11) is -4.33. The van der Waals surface area contributed by atoms with Crippen molar-refractivity contribution in [1.29, 1.82) is 0 Å². The Morgan fingerprint density at radius 1 is 0.800 bits per heavy atom. The Morgan fingerprint density at radius 2 is 1.42 bits per heavy atom. The quantitative estimate of drug-likeness (QED) is 0.169. The average molecular weight is 687 g/mol. The summed E-state index contributed by atoms with van der Waals surface area (Å²) in [5.74, 6) is -1.02. The SMILES string of the molecule is Cc1ccc(S(=O)(=O)N(CC(=O)N(Cc2ccccc2Cl)C(Cc2ccccc2)C(=O)NC(C)C)c2cccc(Cl)c2Cl)cc1. The number of carbonyl (C=O) groups is 2. The van der Waals surface area contributed by atoms with Crippen molar-refractivity contribution in [2.75, 3.05) is 10.8 Å². The summed E-state index contributed by atoms with van der Waals surface area (Å²) in [6.07, 6.45) is 0.179. The van der Waals surface area contributed by atoms with Gasteiger partial charge >= 0.3 is 0 Å². The molecule has 4 rings (SSSR count). The third-order valence-corrected chi connectivity index (χ3v) is 10.0. The second kappa shape index (κ2) is 15.1. The Kier molecular flexibility index (Phi) is 11.6. The Balaban J connectivity index is 1.85. The fourth-order valence-electron chi connectivity index (χ4n) is 4.78. The van der Waals surface area contributed by atoms with Crippen LogP contribution < -0.4 is 9.62 Å². The zero-order valence-corrected chi connectivity index (χ0v) is 28.2. The maximum Gasteiger partial charge on any atom is 0.264 e. The number of rotatable bonds is 12. The molecule has 4 aromatic rings. The van der Waals surface area contributed by atoms with Gasteiger partial charge in [0.05, 0.1) is 20.6 Å². The van der Waals surface area contributed by atoms with E-state index in [9.17, 15) is 18.0 Å². The maximum atomic E-state index is 14.5. The fraction of sp³-hybridized carbons (Fsp3) is 0.235. The molecular formula is C34H34Cl3N3O4S. The van der Waals surface area contributed by atoms with E-state index in [4.69, 9.17) is 34.8 Å². The zero-order chi connectivity index (χ0) is 32.7. The van der Waals surface area contributed by atoms with Crippen LogP contribution in [0.2, 0.25) is 15.1 Å². The lowest BCUT2D eigenvalue weighted by Gasteiger charge is -2.34. The standard InChI is InChI=1S/C34H34Cl3N3O4S/c1-23(2)38-34(42)31(20-25-10-5-4-6-11-25)39(21-26-12-7-8-13-28(26)35)32(41)22-40(30-15-9-14-29(36)33(30)37)45(43,44)27-18-16-24(3)17-19-27/h4-19,23,31H,20-22H2,1-3H3,(H,38,42). The van der Waals surface area contributed by atoms with Crippen LogP contribution in [-0.2, 0) is 32.6 Å². The van der Waals surface area contributed by atoms with E-state index in [0.717, 1.165) is 15.4 Å². The van der Waals surface area contributed by atoms with Crippen molar-refractivity contribution >= 4 is 62.3 Å². The first-order valence-electron chi connectivity index (χ1n) is 14.3. The number of halogens is 3. The molecule has 236 valence electrons. The molecule has 1 unspecified atom stereocenters. The van der Waals surface area contributed by atoms with Gasteiger partial charge in [0, 0.05) is 24.0 Å². The first kappa shape index (κ1) is 34.3. The minimum absolute atomic E-state index is 0.0290. The molecule has 0 heterocycles. The van der Waals surface area contributed by atoms with Crippen LogP contribution in [0.3, 0.4) is 0 Å². The van der Waals surface area contributed by atoms with Crippen molar-refractivity contribution in [2.45, 2.75) is 50.7 Å². The highest BCUT2D eigenvalue weighted by Gasteiger charge is 2.36. The minimum atomic E-state index is -4.33. The van der Waals surface area contributed by atoms with Crippen LogP contribution in [0.15, 0.2) is 102 Å². The summed E-state index contributed by atoms with van der Waals surface area (Å²) >= 11 is 19.4. The highest BCUT2D eigenvalue weighted by atomic mass is 35.5. The largest absolute Gasteiger partial charge is 0.352 e. The molecule has 1 N–H and O–H groups in total. The number of nitrogens with zero attached hydrogens (tertiary/aromatic N) is 2. The molecule has 0 saturated heterocycles. The molecule has 0 fully saturated rings. The molecule has 4 aromatic carbocycles. The highest BCUT2D eigenvalue weighted by molar-refractivity contribution is 7.92. The number of benzene rings is 4. The van der Waals surface area contributed by atoms with E-state index in [2.05, 4.69) is 5.32 Å². The Labute approximate surface area is 279 Å². The van der Waals surface area contributed by atoms with Gasteiger partial charge in [-0.3, -0.25) is 13.9 Å². The third-order valence-electron chi connectivity index (χ3n) is 7.09. The maximum absolute atomic E-state index is 14.5. The predicted molar refractivity (Wildman–Crippen MR) is 181 cm³/mol. The van der Waals surface area contributed by atoms with Crippen molar-refractivity contribution in [3.8, 4) is 0 Å². The second-order valence-corrected chi connectivity index (χ2v) is 13.9. The number of hydrogen-bond acceptors (Lipinski definition) is 4. The second-order valence-electron chi connectivity index (χ2n) is 10.9. The van der Waals surface area contributed by atoms with Gasteiger partial charge in [-0.15, -0.1) is 0 Å². The minimum Gasteiger partial charge on any atom is -0.352 e. The van der Waals surface area contributed by atoms with E-state index in [1.165, 1.54) is 29.2 Å². The number of sulfonamides is 1. The number of hydrogen-bond donors (Lipinski definition) is 1. The molecule has 0 bridgehead atoms. The normalized spacial score (nSPS) is 12.1. The summed E-state index contributed by atoms with van der Waals surface area (Å²) < 4.78 is 29.3. The molecule has 7 nitrogen and oxygen atoms in total. The molecule has 0 aromatic heterocycles. The lowest BCUT2D eigenvalue weighted by Crippen LogP contribution is -2.54. The molecule has 0 radical (unpaired) electrons. The number of carbonyl (C=O) groups excluding carboxylic acids is 2. The molecule has 1 atom stereocenters. The molecule has 2 amide bonds. The van der Waals surface area contributed by atoms with Gasteiger partial charge in [-0.05, 0) is 62.2 Å². The molecule has 0 saturated carbocycles. The van der Waals surface area contributed by atoms with Crippen molar-refractivity contribution in [1.82, 2.24) is 10.2 Å². The summed E-state index contributed by atoms with van der Waals surface area (Å²) in [5.41, 5.74) is 2.31. The van der Waals surface area contributed by atoms with Gasteiger partial charge in [-0.1, -0.05) is 107 Å². The van der Waals surface area contributed by atoms with Crippen LogP contribution >= 0.6 is 34.8 Å². The van der Waals surface area contributed by atoms with Gasteiger partial charge in [0.2, 0.25) is 11.8 Å². The highest BCUT2D eigenvalue weighted by Crippen LogP contribution is 2.36. The summed E-state index contributed by atoms with van der Waals surface area (Å²) in [5, 5.41) is 3.42. The van der Waals surface area contributed by atoms with Crippen LogP contribution in [0.5, 0.6) is 0 Å². The number of amides is 2. The summed E-state index contributed by atoms with van der Waals surface area (Å²) in [6, 6.07) is 25.9. The lowest BCUT2D eigenvalue weighted by atomic mass is 10.0. The van der Waals surface area contributed by atoms with E-state index in [1.807, 2.05) is 51.1 Å². The van der Waals surface area contributed by atoms with Crippen LogP contribution in [0, 0.1) is 6.92 Å². The van der Waals surface area contributed by atoms with Gasteiger partial charge in [-0.2, -0.15) is 0 Å². The van der Waals surface area contributed by atoms with Gasteiger partial charge in [0.1, 0.15) is 12.6 Å². The summed E-state index contributed by atoms with van der Waals surface area (Å²) in [4.78, 5) is 29.6. The molecule has 0 aliphatic rings. The smallest absolute Gasteiger partial charge is 0.264 e. The van der Waals surface area contributed by atoms with Crippen molar-refractivity contribution < 1.29 is 18.0 Å². The van der Waals surface area contributed by atoms with Crippen molar-refractivity contribution in [2.24, 2.45) is 0 Å². The Bertz CT molecular complexity index is 1750. The van der Waals surface area contributed by atoms with E-state index >= 15 is 0 Å². The Hall–Kier alpha value is -3.56. The monoisotopic (exact) mass is 685 g/mol. The molecule has 0 aliphatic heterocycles. The van der Waals surface area contributed by atoms with Gasteiger partial charge in [0.15, 0.2) is 0 Å². The van der Waals surface area contributed by atoms with Gasteiger partial charge in [0.25, 0.3) is 10.0 Å². The molecular weight excluding hydrogens is 653 g/mol. The molecule has 11 heteroatoms. The van der Waals surface area contributed by atoms with Crippen LogP contribution in [0.25, 0.3) is 0 Å². The zero-order valence-electron chi connectivity index (χ0n) is 25.1. The number of nitrogens with one attached hydrogen (secondary N) is 1. The molecule has 0 spiro atoms. The predicted octanol–water partition coefficient (Wildman–Crippen LogP) is 7.32. The third kappa shape index (κ3) is 8.58. The van der Waals surface area contributed by atoms with Crippen LogP contribution in [0.1, 0.15) is 30.5 Å². The van der Waals surface area contributed by atoms with Crippen LogP contribution in [-0.4, -0.2) is 43.8 Å². The number of anilines is 1.